The zero-order valence-corrected chi connectivity index (χ0v) is 12.5. The Morgan fingerprint density at radius 1 is 1.33 bits per heavy atom. The first-order chi connectivity index (χ1) is 8.36. The van der Waals surface area contributed by atoms with Crippen LogP contribution in [0.2, 0.25) is 0 Å². The fourth-order valence-electron chi connectivity index (χ4n) is 2.65. The van der Waals surface area contributed by atoms with Crippen molar-refractivity contribution in [2.45, 2.75) is 65.8 Å². The molecule has 1 aliphatic rings. The Morgan fingerprint density at radius 2 is 2.00 bits per heavy atom. The molecule has 18 heavy (non-hydrogen) atoms. The number of hydrogen-bond donors (Lipinski definition) is 1. The van der Waals surface area contributed by atoms with Gasteiger partial charge in [-0.3, -0.25) is 4.79 Å². The smallest absolute Gasteiger partial charge is 0.240 e. The second-order valence-corrected chi connectivity index (χ2v) is 6.75. The third kappa shape index (κ3) is 4.27. The molecule has 0 saturated carbocycles. The Labute approximate surface area is 112 Å². The number of amides is 1. The minimum absolute atomic E-state index is 0.139. The van der Waals surface area contributed by atoms with E-state index in [1.165, 1.54) is 19.3 Å². The Kier molecular flexibility index (Phi) is 5.64. The van der Waals surface area contributed by atoms with Gasteiger partial charge in [-0.15, -0.1) is 0 Å². The average Bonchev–Trinajstić information content (AvgIpc) is 2.52. The molecular weight excluding hydrogens is 224 g/mol. The third-order valence-electron chi connectivity index (χ3n) is 4.06. The van der Waals surface area contributed by atoms with Gasteiger partial charge in [0, 0.05) is 13.1 Å². The van der Waals surface area contributed by atoms with Crippen molar-refractivity contribution in [1.29, 1.82) is 0 Å². The van der Waals surface area contributed by atoms with Crippen LogP contribution >= 0.6 is 0 Å². The molecule has 1 fully saturated rings. The van der Waals surface area contributed by atoms with Crippen LogP contribution in [0.3, 0.4) is 0 Å². The average molecular weight is 254 g/mol. The summed E-state index contributed by atoms with van der Waals surface area (Å²) in [7, 11) is 0. The Hall–Kier alpha value is -0.570. The molecule has 0 bridgehead atoms. The van der Waals surface area contributed by atoms with Crippen LogP contribution < -0.4 is 5.73 Å². The van der Waals surface area contributed by atoms with Crippen LogP contribution in [0.25, 0.3) is 0 Å². The van der Waals surface area contributed by atoms with Gasteiger partial charge in [0.1, 0.15) is 0 Å². The quantitative estimate of drug-likeness (QED) is 0.842. The van der Waals surface area contributed by atoms with Gasteiger partial charge >= 0.3 is 0 Å². The first-order valence-electron chi connectivity index (χ1n) is 7.40. The summed E-state index contributed by atoms with van der Waals surface area (Å²) < 4.78 is 0. The van der Waals surface area contributed by atoms with E-state index < -0.39 is 0 Å². The Balaban J connectivity index is 2.55. The van der Waals surface area contributed by atoms with Gasteiger partial charge in [-0.2, -0.15) is 0 Å². The lowest BCUT2D eigenvalue weighted by molar-refractivity contribution is -0.134. The van der Waals surface area contributed by atoms with Gasteiger partial charge in [0.05, 0.1) is 6.04 Å². The van der Waals surface area contributed by atoms with Crippen molar-refractivity contribution < 1.29 is 4.79 Å². The highest BCUT2D eigenvalue weighted by atomic mass is 16.2. The molecule has 2 atom stereocenters. The fraction of sp³-hybridized carbons (Fsp3) is 0.933. The highest BCUT2D eigenvalue weighted by Crippen LogP contribution is 2.24. The van der Waals surface area contributed by atoms with Gasteiger partial charge in [0.2, 0.25) is 5.91 Å². The molecule has 0 aliphatic carbocycles. The van der Waals surface area contributed by atoms with Crippen LogP contribution in [-0.4, -0.2) is 29.9 Å². The van der Waals surface area contributed by atoms with E-state index in [2.05, 4.69) is 6.92 Å². The number of nitrogens with two attached hydrogens (primary N) is 1. The molecule has 0 aromatic rings. The van der Waals surface area contributed by atoms with Gasteiger partial charge in [-0.05, 0) is 30.6 Å². The maximum atomic E-state index is 12.4. The third-order valence-corrected chi connectivity index (χ3v) is 4.06. The molecule has 1 aliphatic heterocycles. The van der Waals surface area contributed by atoms with Gasteiger partial charge in [-0.25, -0.2) is 0 Å². The van der Waals surface area contributed by atoms with Crippen molar-refractivity contribution in [1.82, 2.24) is 4.90 Å². The lowest BCUT2D eigenvalue weighted by Gasteiger charge is -2.31. The molecule has 0 aromatic heterocycles. The number of carbonyl (C=O) groups is 1. The number of likely N-dealkylation sites (tertiary alicyclic amines) is 1. The van der Waals surface area contributed by atoms with Crippen LogP contribution in [0.5, 0.6) is 0 Å². The molecule has 106 valence electrons. The summed E-state index contributed by atoms with van der Waals surface area (Å²) in [6, 6.07) is -0.375. The van der Waals surface area contributed by atoms with Crippen molar-refractivity contribution in [2.24, 2.45) is 17.1 Å². The number of nitrogens with zero attached hydrogens (tertiary/aromatic N) is 1. The van der Waals surface area contributed by atoms with Gasteiger partial charge in [0.15, 0.2) is 0 Å². The van der Waals surface area contributed by atoms with Gasteiger partial charge in [-0.1, -0.05) is 40.5 Å². The van der Waals surface area contributed by atoms with Crippen LogP contribution in [0.15, 0.2) is 0 Å². The lowest BCUT2D eigenvalue weighted by Crippen LogP contribution is -2.50. The molecule has 0 spiro atoms. The Morgan fingerprint density at radius 3 is 2.56 bits per heavy atom. The maximum absolute atomic E-state index is 12.4. The van der Waals surface area contributed by atoms with Crippen LogP contribution in [0, 0.1) is 11.3 Å². The van der Waals surface area contributed by atoms with Crippen LogP contribution in [0.4, 0.5) is 0 Å². The van der Waals surface area contributed by atoms with E-state index in [0.717, 1.165) is 31.8 Å². The first-order valence-corrected chi connectivity index (χ1v) is 7.40. The van der Waals surface area contributed by atoms with Crippen molar-refractivity contribution in [2.75, 3.05) is 13.1 Å². The zero-order chi connectivity index (χ0) is 13.8. The van der Waals surface area contributed by atoms with E-state index in [1.807, 2.05) is 25.7 Å². The maximum Gasteiger partial charge on any atom is 0.240 e. The van der Waals surface area contributed by atoms with E-state index in [9.17, 15) is 4.79 Å². The SMILES string of the molecule is CCCC1CCCN(C(=O)[C@@H](N)C(C)(C)C)CC1. The van der Waals surface area contributed by atoms with Crippen molar-refractivity contribution >= 4 is 5.91 Å². The van der Waals surface area contributed by atoms with E-state index in [0.29, 0.717) is 0 Å². The molecule has 0 radical (unpaired) electrons. The molecule has 1 amide bonds. The molecule has 0 aromatic carbocycles. The number of carbonyl (C=O) groups excluding carboxylic acids is 1. The first kappa shape index (κ1) is 15.5. The highest BCUT2D eigenvalue weighted by Gasteiger charge is 2.31. The number of rotatable bonds is 3. The van der Waals surface area contributed by atoms with Crippen LogP contribution in [0.1, 0.15) is 59.8 Å². The molecule has 1 unspecified atom stereocenters. The van der Waals surface area contributed by atoms with Crippen LogP contribution in [-0.2, 0) is 4.79 Å². The van der Waals surface area contributed by atoms with Crippen molar-refractivity contribution in [3.8, 4) is 0 Å². The topological polar surface area (TPSA) is 46.3 Å². The Bertz CT molecular complexity index is 270. The minimum atomic E-state index is -0.375. The molecule has 1 heterocycles. The van der Waals surface area contributed by atoms with Gasteiger partial charge < -0.3 is 10.6 Å². The van der Waals surface area contributed by atoms with E-state index in [-0.39, 0.29) is 17.4 Å². The van der Waals surface area contributed by atoms with E-state index in [4.69, 9.17) is 5.73 Å². The van der Waals surface area contributed by atoms with E-state index >= 15 is 0 Å². The summed E-state index contributed by atoms with van der Waals surface area (Å²) in [5.74, 6) is 0.943. The highest BCUT2D eigenvalue weighted by molar-refractivity contribution is 5.82. The standard InChI is InChI=1S/C15H30N2O/c1-5-7-12-8-6-10-17(11-9-12)14(18)13(16)15(2,3)4/h12-13H,5-11,16H2,1-4H3/t12?,13-/m1/s1. The predicted octanol–water partition coefficient (Wildman–Crippen LogP) is 2.79. The molecule has 2 N–H and O–H groups in total. The molecule has 1 saturated heterocycles. The summed E-state index contributed by atoms with van der Waals surface area (Å²) in [6.07, 6.45) is 6.10. The summed E-state index contributed by atoms with van der Waals surface area (Å²) in [5.41, 5.74) is 5.93. The molecular formula is C15H30N2O. The van der Waals surface area contributed by atoms with E-state index in [1.54, 1.807) is 0 Å². The van der Waals surface area contributed by atoms with Gasteiger partial charge in [0.25, 0.3) is 0 Å². The minimum Gasteiger partial charge on any atom is -0.341 e. The van der Waals surface area contributed by atoms with Crippen molar-refractivity contribution in [3.05, 3.63) is 0 Å². The monoisotopic (exact) mass is 254 g/mol. The summed E-state index contributed by atoms with van der Waals surface area (Å²) in [5, 5.41) is 0. The molecule has 3 heteroatoms. The summed E-state index contributed by atoms with van der Waals surface area (Å²) in [4.78, 5) is 14.4. The molecule has 1 rings (SSSR count). The zero-order valence-electron chi connectivity index (χ0n) is 12.5. The fourth-order valence-corrected chi connectivity index (χ4v) is 2.65. The second kappa shape index (κ2) is 6.55. The largest absolute Gasteiger partial charge is 0.341 e. The second-order valence-electron chi connectivity index (χ2n) is 6.75. The predicted molar refractivity (Wildman–Crippen MR) is 76.3 cm³/mol. The molecule has 3 nitrogen and oxygen atoms in total. The summed E-state index contributed by atoms with van der Waals surface area (Å²) >= 11 is 0. The van der Waals surface area contributed by atoms with Crippen molar-refractivity contribution in [3.63, 3.8) is 0 Å². The number of hydrogen-bond acceptors (Lipinski definition) is 2. The lowest BCUT2D eigenvalue weighted by atomic mass is 9.86. The summed E-state index contributed by atoms with van der Waals surface area (Å²) in [6.45, 7) is 10.1. The normalized spacial score (nSPS) is 23.6.